The lowest BCUT2D eigenvalue weighted by atomic mass is 10.1. The van der Waals surface area contributed by atoms with E-state index >= 15 is 0 Å². The van der Waals surface area contributed by atoms with Gasteiger partial charge in [-0.15, -0.1) is 0 Å². The normalized spacial score (nSPS) is 20.8. The number of amides is 1. The third-order valence-corrected chi connectivity index (χ3v) is 4.47. The Bertz CT molecular complexity index is 550. The SMILES string of the molecule is CCNC(=O)COc1ccc(CN2C[C@@H](CN)C[C@H]2C)cc1OC. The number of likely N-dealkylation sites (tertiary alicyclic amines) is 1. The lowest BCUT2D eigenvalue weighted by Crippen LogP contribution is -2.28. The van der Waals surface area contributed by atoms with Gasteiger partial charge < -0.3 is 20.5 Å². The molecule has 3 N–H and O–H groups in total. The summed E-state index contributed by atoms with van der Waals surface area (Å²) in [6.45, 7) is 7.36. The zero-order valence-electron chi connectivity index (χ0n) is 14.9. The summed E-state index contributed by atoms with van der Waals surface area (Å²) < 4.78 is 11.0. The van der Waals surface area contributed by atoms with Crippen LogP contribution in [0.25, 0.3) is 0 Å². The lowest BCUT2D eigenvalue weighted by Gasteiger charge is -2.21. The number of nitrogens with zero attached hydrogens (tertiary/aromatic N) is 1. The molecular formula is C18H29N3O3. The molecule has 6 heteroatoms. The maximum absolute atomic E-state index is 11.5. The molecular weight excluding hydrogens is 306 g/mol. The Morgan fingerprint density at radius 1 is 1.42 bits per heavy atom. The summed E-state index contributed by atoms with van der Waals surface area (Å²) in [4.78, 5) is 14.0. The van der Waals surface area contributed by atoms with E-state index in [1.165, 1.54) is 5.56 Å². The number of carbonyl (C=O) groups is 1. The molecule has 0 spiro atoms. The monoisotopic (exact) mass is 335 g/mol. The first-order chi connectivity index (χ1) is 11.6. The Kier molecular flexibility index (Phi) is 6.87. The number of rotatable bonds is 8. The maximum Gasteiger partial charge on any atom is 0.257 e. The highest BCUT2D eigenvalue weighted by Gasteiger charge is 2.28. The molecule has 24 heavy (non-hydrogen) atoms. The number of ether oxygens (including phenoxy) is 2. The highest BCUT2D eigenvalue weighted by Crippen LogP contribution is 2.30. The minimum Gasteiger partial charge on any atom is -0.493 e. The van der Waals surface area contributed by atoms with Crippen LogP contribution in [0.4, 0.5) is 0 Å². The Morgan fingerprint density at radius 3 is 2.83 bits per heavy atom. The summed E-state index contributed by atoms with van der Waals surface area (Å²) in [7, 11) is 1.61. The van der Waals surface area contributed by atoms with Crippen LogP contribution in [0.1, 0.15) is 25.8 Å². The van der Waals surface area contributed by atoms with E-state index in [9.17, 15) is 4.79 Å². The van der Waals surface area contributed by atoms with Gasteiger partial charge in [0.15, 0.2) is 18.1 Å². The number of likely N-dealkylation sites (N-methyl/N-ethyl adjacent to an activating group) is 1. The van der Waals surface area contributed by atoms with Crippen molar-refractivity contribution < 1.29 is 14.3 Å². The first-order valence-corrected chi connectivity index (χ1v) is 8.57. The van der Waals surface area contributed by atoms with Crippen LogP contribution in [-0.2, 0) is 11.3 Å². The van der Waals surface area contributed by atoms with Crippen molar-refractivity contribution in [2.75, 3.05) is 33.4 Å². The third-order valence-electron chi connectivity index (χ3n) is 4.47. The number of methoxy groups -OCH3 is 1. The minimum absolute atomic E-state index is 0.00904. The van der Waals surface area contributed by atoms with Crippen molar-refractivity contribution in [1.29, 1.82) is 0 Å². The summed E-state index contributed by atoms with van der Waals surface area (Å²) in [6, 6.07) is 6.42. The van der Waals surface area contributed by atoms with Crippen LogP contribution in [-0.4, -0.2) is 50.2 Å². The van der Waals surface area contributed by atoms with Gasteiger partial charge >= 0.3 is 0 Å². The fourth-order valence-electron chi connectivity index (χ4n) is 3.16. The zero-order valence-corrected chi connectivity index (χ0v) is 14.9. The smallest absolute Gasteiger partial charge is 0.257 e. The number of carbonyl (C=O) groups excluding carboxylic acids is 1. The van der Waals surface area contributed by atoms with E-state index in [0.29, 0.717) is 30.0 Å². The first-order valence-electron chi connectivity index (χ1n) is 8.57. The molecule has 0 saturated carbocycles. The summed E-state index contributed by atoms with van der Waals surface area (Å²) in [5.74, 6) is 1.68. The van der Waals surface area contributed by atoms with Gasteiger partial charge in [0.2, 0.25) is 0 Å². The number of hydrogen-bond donors (Lipinski definition) is 2. The van der Waals surface area contributed by atoms with Crippen molar-refractivity contribution >= 4 is 5.91 Å². The Hall–Kier alpha value is -1.79. The molecule has 2 rings (SSSR count). The first kappa shape index (κ1) is 18.5. The molecule has 1 heterocycles. The zero-order chi connectivity index (χ0) is 17.5. The second kappa shape index (κ2) is 8.89. The van der Waals surface area contributed by atoms with Gasteiger partial charge in [-0.25, -0.2) is 0 Å². The molecule has 0 aromatic heterocycles. The highest BCUT2D eigenvalue weighted by atomic mass is 16.5. The average Bonchev–Trinajstić information content (AvgIpc) is 2.93. The number of benzene rings is 1. The van der Waals surface area contributed by atoms with Gasteiger partial charge in [-0.1, -0.05) is 6.07 Å². The molecule has 1 fully saturated rings. The van der Waals surface area contributed by atoms with Crippen LogP contribution in [0.15, 0.2) is 18.2 Å². The molecule has 1 aliphatic rings. The fourth-order valence-corrected chi connectivity index (χ4v) is 3.16. The van der Waals surface area contributed by atoms with Crippen molar-refractivity contribution in [1.82, 2.24) is 10.2 Å². The van der Waals surface area contributed by atoms with Crippen LogP contribution in [0.2, 0.25) is 0 Å². The van der Waals surface area contributed by atoms with Crippen molar-refractivity contribution in [2.45, 2.75) is 32.9 Å². The van der Waals surface area contributed by atoms with Gasteiger partial charge in [-0.2, -0.15) is 0 Å². The van der Waals surface area contributed by atoms with Crippen molar-refractivity contribution in [3.8, 4) is 11.5 Å². The number of hydrogen-bond acceptors (Lipinski definition) is 5. The van der Waals surface area contributed by atoms with Gasteiger partial charge in [0.1, 0.15) is 0 Å². The fraction of sp³-hybridized carbons (Fsp3) is 0.611. The standard InChI is InChI=1S/C18H29N3O3/c1-4-20-18(22)12-24-16-6-5-14(8-17(16)23-3)10-21-11-15(9-19)7-13(21)2/h5-6,8,13,15H,4,7,9-12,19H2,1-3H3,(H,20,22)/t13-,15-/m1/s1. The summed E-state index contributed by atoms with van der Waals surface area (Å²) in [5, 5.41) is 2.71. The van der Waals surface area contributed by atoms with Gasteiger partial charge in [-0.3, -0.25) is 9.69 Å². The Morgan fingerprint density at radius 2 is 2.21 bits per heavy atom. The predicted octanol–water partition coefficient (Wildman–Crippen LogP) is 1.38. The largest absolute Gasteiger partial charge is 0.493 e. The Balaban J connectivity index is 1.99. The van der Waals surface area contributed by atoms with Gasteiger partial charge in [0.25, 0.3) is 5.91 Å². The van der Waals surface area contributed by atoms with Crippen LogP contribution < -0.4 is 20.5 Å². The number of nitrogens with one attached hydrogen (secondary N) is 1. The molecule has 6 nitrogen and oxygen atoms in total. The van der Waals surface area contributed by atoms with Crippen LogP contribution >= 0.6 is 0 Å². The quantitative estimate of drug-likeness (QED) is 0.750. The maximum atomic E-state index is 11.5. The van der Waals surface area contributed by atoms with Gasteiger partial charge in [0, 0.05) is 25.7 Å². The average molecular weight is 335 g/mol. The molecule has 0 radical (unpaired) electrons. The molecule has 0 unspecified atom stereocenters. The lowest BCUT2D eigenvalue weighted by molar-refractivity contribution is -0.123. The van der Waals surface area contributed by atoms with E-state index in [0.717, 1.165) is 26.1 Å². The van der Waals surface area contributed by atoms with Crippen molar-refractivity contribution in [2.24, 2.45) is 11.7 Å². The predicted molar refractivity (Wildman–Crippen MR) is 94.2 cm³/mol. The van der Waals surface area contributed by atoms with Crippen LogP contribution in [0, 0.1) is 5.92 Å². The van der Waals surface area contributed by atoms with E-state index in [2.05, 4.69) is 17.1 Å². The summed E-state index contributed by atoms with van der Waals surface area (Å²) in [5.41, 5.74) is 6.97. The molecule has 134 valence electrons. The second-order valence-electron chi connectivity index (χ2n) is 6.34. The van der Waals surface area contributed by atoms with E-state index in [1.54, 1.807) is 7.11 Å². The van der Waals surface area contributed by atoms with Crippen LogP contribution in [0.3, 0.4) is 0 Å². The third kappa shape index (κ3) is 4.85. The minimum atomic E-state index is -0.137. The van der Waals surface area contributed by atoms with E-state index in [1.807, 2.05) is 25.1 Å². The van der Waals surface area contributed by atoms with Gasteiger partial charge in [-0.05, 0) is 50.4 Å². The molecule has 1 aromatic carbocycles. The van der Waals surface area contributed by atoms with Crippen molar-refractivity contribution in [3.05, 3.63) is 23.8 Å². The van der Waals surface area contributed by atoms with Crippen molar-refractivity contribution in [3.63, 3.8) is 0 Å². The summed E-state index contributed by atoms with van der Waals surface area (Å²) >= 11 is 0. The van der Waals surface area contributed by atoms with E-state index in [-0.39, 0.29) is 12.5 Å². The van der Waals surface area contributed by atoms with E-state index in [4.69, 9.17) is 15.2 Å². The molecule has 2 atom stereocenters. The molecule has 1 aromatic rings. The van der Waals surface area contributed by atoms with Crippen LogP contribution in [0.5, 0.6) is 11.5 Å². The molecule has 1 aliphatic heterocycles. The van der Waals surface area contributed by atoms with Gasteiger partial charge in [0.05, 0.1) is 7.11 Å². The molecule has 1 amide bonds. The molecule has 0 aliphatic carbocycles. The highest BCUT2D eigenvalue weighted by molar-refractivity contribution is 5.77. The second-order valence-corrected chi connectivity index (χ2v) is 6.34. The number of nitrogens with two attached hydrogens (primary N) is 1. The molecule has 1 saturated heterocycles. The molecule has 0 bridgehead atoms. The summed E-state index contributed by atoms with van der Waals surface area (Å²) in [6.07, 6.45) is 1.15. The van der Waals surface area contributed by atoms with E-state index < -0.39 is 0 Å². The Labute approximate surface area is 144 Å². The topological polar surface area (TPSA) is 76.8 Å².